The van der Waals surface area contributed by atoms with Crippen molar-refractivity contribution in [1.82, 2.24) is 16.2 Å². The zero-order valence-electron chi connectivity index (χ0n) is 16.4. The number of amides is 3. The number of nitro benzene ring substituents is 1. The molecule has 0 aromatic heterocycles. The molecule has 0 spiro atoms. The number of rotatable bonds is 6. The topological polar surface area (TPSA) is 123 Å². The van der Waals surface area contributed by atoms with Crippen molar-refractivity contribution < 1.29 is 19.2 Å². The molecule has 0 radical (unpaired) electrons. The molecule has 0 bridgehead atoms. The number of hydrogen-bond donors (Lipinski definition) is 3. The van der Waals surface area contributed by atoms with E-state index in [1.807, 2.05) is 0 Å². The van der Waals surface area contributed by atoms with E-state index in [4.69, 9.17) is 4.74 Å². The Morgan fingerprint density at radius 1 is 0.967 bits per heavy atom. The van der Waals surface area contributed by atoms with Gasteiger partial charge in [0.2, 0.25) is 6.10 Å². The fraction of sp³-hybridized carbons (Fsp3) is 0.333. The average Bonchev–Trinajstić information content (AvgIpc) is 2.77. The lowest BCUT2D eigenvalue weighted by molar-refractivity contribution is -0.384. The Hall–Kier alpha value is -3.62. The van der Waals surface area contributed by atoms with Gasteiger partial charge in [-0.2, -0.15) is 0 Å². The Labute approximate surface area is 173 Å². The SMILES string of the molecule is O=C(NNC(=O)[C@@H](Oc1ccc([N+](=O)[O-])cc1)c1ccccc1)NC1CCCCC1. The number of carbonyl (C=O) groups excluding carboxylic acids is 2. The van der Waals surface area contributed by atoms with Crippen molar-refractivity contribution in [3.05, 3.63) is 70.3 Å². The van der Waals surface area contributed by atoms with Crippen LogP contribution in [-0.2, 0) is 4.79 Å². The molecule has 9 nitrogen and oxygen atoms in total. The molecule has 0 unspecified atom stereocenters. The van der Waals surface area contributed by atoms with Crippen LogP contribution in [0.1, 0.15) is 43.8 Å². The highest BCUT2D eigenvalue weighted by Gasteiger charge is 2.24. The minimum atomic E-state index is -1.05. The number of non-ortho nitro benzene ring substituents is 1. The zero-order chi connectivity index (χ0) is 21.3. The number of ether oxygens (including phenoxy) is 1. The standard InChI is InChI=1S/C21H24N4O5/c26-20(23-24-21(27)22-16-9-5-2-6-10-16)19(15-7-3-1-4-8-15)30-18-13-11-17(12-14-18)25(28)29/h1,3-4,7-8,11-14,16,19H,2,5-6,9-10H2,(H,23,26)(H2,22,24,27)/t19-/m0/s1. The second-order valence-corrected chi connectivity index (χ2v) is 7.08. The summed E-state index contributed by atoms with van der Waals surface area (Å²) in [6.07, 6.45) is 4.14. The van der Waals surface area contributed by atoms with Gasteiger partial charge in [-0.3, -0.25) is 20.3 Å². The van der Waals surface area contributed by atoms with E-state index in [0.717, 1.165) is 25.7 Å². The van der Waals surface area contributed by atoms with Crippen molar-refractivity contribution >= 4 is 17.6 Å². The van der Waals surface area contributed by atoms with Crippen LogP contribution in [-0.4, -0.2) is 22.9 Å². The average molecular weight is 412 g/mol. The molecule has 0 heterocycles. The van der Waals surface area contributed by atoms with E-state index in [1.165, 1.54) is 30.7 Å². The first-order valence-corrected chi connectivity index (χ1v) is 9.85. The number of benzene rings is 2. The Morgan fingerprint density at radius 3 is 2.27 bits per heavy atom. The second-order valence-electron chi connectivity index (χ2n) is 7.08. The third-order valence-corrected chi connectivity index (χ3v) is 4.88. The first-order chi connectivity index (χ1) is 14.5. The molecule has 2 aromatic rings. The Balaban J connectivity index is 1.63. The molecule has 1 saturated carbocycles. The summed E-state index contributed by atoms with van der Waals surface area (Å²) in [5, 5.41) is 13.7. The molecular weight excluding hydrogens is 388 g/mol. The molecule has 3 rings (SSSR count). The fourth-order valence-electron chi connectivity index (χ4n) is 3.34. The van der Waals surface area contributed by atoms with Crippen LogP contribution >= 0.6 is 0 Å². The third kappa shape index (κ3) is 5.94. The van der Waals surface area contributed by atoms with Gasteiger partial charge in [-0.1, -0.05) is 49.6 Å². The highest BCUT2D eigenvalue weighted by atomic mass is 16.6. The molecule has 1 aliphatic rings. The number of nitrogens with one attached hydrogen (secondary N) is 3. The fourth-order valence-corrected chi connectivity index (χ4v) is 3.34. The van der Waals surface area contributed by atoms with Crippen molar-refractivity contribution in [1.29, 1.82) is 0 Å². The van der Waals surface area contributed by atoms with E-state index in [-0.39, 0.29) is 17.5 Å². The van der Waals surface area contributed by atoms with Crippen LogP contribution in [0.25, 0.3) is 0 Å². The van der Waals surface area contributed by atoms with Gasteiger partial charge < -0.3 is 10.1 Å². The summed E-state index contributed by atoms with van der Waals surface area (Å²) in [7, 11) is 0. The van der Waals surface area contributed by atoms with Gasteiger partial charge in [0, 0.05) is 23.7 Å². The summed E-state index contributed by atoms with van der Waals surface area (Å²) in [5.74, 6) is -0.283. The minimum Gasteiger partial charge on any atom is -0.476 e. The summed E-state index contributed by atoms with van der Waals surface area (Å²) in [6, 6.07) is 13.8. The summed E-state index contributed by atoms with van der Waals surface area (Å²) in [6.45, 7) is 0. The first-order valence-electron chi connectivity index (χ1n) is 9.85. The minimum absolute atomic E-state index is 0.0795. The molecule has 1 atom stereocenters. The Bertz CT molecular complexity index is 867. The molecule has 30 heavy (non-hydrogen) atoms. The van der Waals surface area contributed by atoms with Crippen molar-refractivity contribution in [2.75, 3.05) is 0 Å². The lowest BCUT2D eigenvalue weighted by atomic mass is 9.96. The summed E-state index contributed by atoms with van der Waals surface area (Å²) < 4.78 is 5.77. The normalized spacial score (nSPS) is 14.9. The quantitative estimate of drug-likeness (QED) is 0.496. The van der Waals surface area contributed by atoms with E-state index in [1.54, 1.807) is 30.3 Å². The predicted molar refractivity (Wildman–Crippen MR) is 110 cm³/mol. The maximum atomic E-state index is 12.7. The van der Waals surface area contributed by atoms with E-state index < -0.39 is 23.0 Å². The number of nitrogens with zero attached hydrogens (tertiary/aromatic N) is 1. The number of hydrazine groups is 1. The van der Waals surface area contributed by atoms with Crippen LogP contribution in [0.2, 0.25) is 0 Å². The molecular formula is C21H24N4O5. The molecule has 1 aliphatic carbocycles. The van der Waals surface area contributed by atoms with Crippen molar-refractivity contribution in [3.8, 4) is 5.75 Å². The molecule has 2 aromatic carbocycles. The van der Waals surface area contributed by atoms with Gasteiger partial charge in [0.1, 0.15) is 5.75 Å². The monoisotopic (exact) mass is 412 g/mol. The molecule has 1 fully saturated rings. The highest BCUT2D eigenvalue weighted by Crippen LogP contribution is 2.24. The van der Waals surface area contributed by atoms with Gasteiger partial charge in [0.15, 0.2) is 0 Å². The largest absolute Gasteiger partial charge is 0.476 e. The van der Waals surface area contributed by atoms with E-state index in [2.05, 4.69) is 16.2 Å². The van der Waals surface area contributed by atoms with Gasteiger partial charge in [-0.05, 0) is 25.0 Å². The number of hydrogen-bond acceptors (Lipinski definition) is 5. The van der Waals surface area contributed by atoms with E-state index in [0.29, 0.717) is 5.56 Å². The van der Waals surface area contributed by atoms with Crippen molar-refractivity contribution in [2.45, 2.75) is 44.2 Å². The molecule has 158 valence electrons. The first kappa shape index (κ1) is 21.1. The van der Waals surface area contributed by atoms with Crippen molar-refractivity contribution in [3.63, 3.8) is 0 Å². The smallest absolute Gasteiger partial charge is 0.333 e. The van der Waals surface area contributed by atoms with Gasteiger partial charge >= 0.3 is 6.03 Å². The van der Waals surface area contributed by atoms with E-state index >= 15 is 0 Å². The molecule has 0 saturated heterocycles. The second kappa shape index (κ2) is 10.2. The zero-order valence-corrected chi connectivity index (χ0v) is 16.4. The maximum Gasteiger partial charge on any atom is 0.333 e. The van der Waals surface area contributed by atoms with Gasteiger partial charge in [0.05, 0.1) is 4.92 Å². The number of carbonyl (C=O) groups is 2. The molecule has 9 heteroatoms. The Kier molecular flexibility index (Phi) is 7.20. The van der Waals surface area contributed by atoms with Crippen LogP contribution in [0.3, 0.4) is 0 Å². The van der Waals surface area contributed by atoms with Crippen LogP contribution in [0.4, 0.5) is 10.5 Å². The van der Waals surface area contributed by atoms with Gasteiger partial charge in [0.25, 0.3) is 11.6 Å². The summed E-state index contributed by atoms with van der Waals surface area (Å²) in [4.78, 5) is 35.1. The predicted octanol–water partition coefficient (Wildman–Crippen LogP) is 3.38. The number of nitro groups is 1. The van der Waals surface area contributed by atoms with Crippen LogP contribution in [0.15, 0.2) is 54.6 Å². The van der Waals surface area contributed by atoms with Crippen LogP contribution < -0.4 is 20.9 Å². The highest BCUT2D eigenvalue weighted by molar-refractivity contribution is 5.85. The summed E-state index contributed by atoms with van der Waals surface area (Å²) >= 11 is 0. The molecule has 0 aliphatic heterocycles. The van der Waals surface area contributed by atoms with Gasteiger partial charge in [-0.25, -0.2) is 10.2 Å². The van der Waals surface area contributed by atoms with E-state index in [9.17, 15) is 19.7 Å². The Morgan fingerprint density at radius 2 is 1.63 bits per heavy atom. The lowest BCUT2D eigenvalue weighted by Crippen LogP contribution is -2.51. The molecule has 3 N–H and O–H groups in total. The third-order valence-electron chi connectivity index (χ3n) is 4.88. The maximum absolute atomic E-state index is 12.7. The van der Waals surface area contributed by atoms with Crippen molar-refractivity contribution in [2.24, 2.45) is 0 Å². The lowest BCUT2D eigenvalue weighted by Gasteiger charge is -2.23. The summed E-state index contributed by atoms with van der Waals surface area (Å²) in [5.41, 5.74) is 5.25. The van der Waals surface area contributed by atoms with Gasteiger partial charge in [-0.15, -0.1) is 0 Å². The van der Waals surface area contributed by atoms with Crippen LogP contribution in [0.5, 0.6) is 5.75 Å². The molecule has 3 amide bonds. The number of urea groups is 1. The van der Waals surface area contributed by atoms with Crippen LogP contribution in [0, 0.1) is 10.1 Å².